The Morgan fingerprint density at radius 2 is 0.733 bits per heavy atom. The van der Waals surface area contributed by atoms with E-state index in [1.54, 1.807) is 0 Å². The molecule has 0 spiro atoms. The molecule has 144 valence electrons. The number of benzene rings is 4. The van der Waals surface area contributed by atoms with E-state index in [2.05, 4.69) is 0 Å². The first-order valence-corrected chi connectivity index (χ1v) is 10.0. The Hall–Kier alpha value is -3.78. The second-order valence-corrected chi connectivity index (χ2v) is 7.85. The van der Waals surface area contributed by atoms with E-state index in [0.29, 0.717) is 0 Å². The summed E-state index contributed by atoms with van der Waals surface area (Å²) >= 11 is 0. The number of rotatable bonds is 0. The Balaban J connectivity index is 0.000000128. The van der Waals surface area contributed by atoms with Gasteiger partial charge >= 0.3 is 0 Å². The van der Waals surface area contributed by atoms with Crippen molar-refractivity contribution in [3.8, 4) is 22.3 Å². The minimum atomic E-state index is 0.157. The van der Waals surface area contributed by atoms with Gasteiger partial charge in [0.15, 0.2) is 11.6 Å². The molecule has 2 heteroatoms. The van der Waals surface area contributed by atoms with E-state index < -0.39 is 0 Å². The van der Waals surface area contributed by atoms with Gasteiger partial charge in [0.2, 0.25) is 0 Å². The molecule has 4 aromatic carbocycles. The van der Waals surface area contributed by atoms with Crippen molar-refractivity contribution in [3.63, 3.8) is 0 Å². The van der Waals surface area contributed by atoms with Crippen molar-refractivity contribution >= 4 is 11.6 Å². The summed E-state index contributed by atoms with van der Waals surface area (Å²) in [7, 11) is 0. The van der Waals surface area contributed by atoms with Crippen LogP contribution in [0.2, 0.25) is 0 Å². The van der Waals surface area contributed by atoms with E-state index >= 15 is 0 Å². The third-order valence-corrected chi connectivity index (χ3v) is 5.76. The molecule has 0 heterocycles. The number of carbonyl (C=O) groups is 2. The fraction of sp³-hybridized carbons (Fsp3) is 0.0714. The van der Waals surface area contributed by atoms with Crippen LogP contribution in [0.5, 0.6) is 0 Å². The van der Waals surface area contributed by atoms with E-state index in [9.17, 15) is 9.59 Å². The van der Waals surface area contributed by atoms with Gasteiger partial charge in [-0.2, -0.15) is 0 Å². The number of aryl methyl sites for hydroxylation is 2. The second-order valence-electron chi connectivity index (χ2n) is 7.85. The molecular weight excluding hydrogens is 368 g/mol. The molecule has 0 saturated carbocycles. The van der Waals surface area contributed by atoms with Gasteiger partial charge in [-0.1, -0.05) is 83.9 Å². The van der Waals surface area contributed by atoms with E-state index in [1.165, 1.54) is 0 Å². The van der Waals surface area contributed by atoms with Gasteiger partial charge in [-0.15, -0.1) is 0 Å². The van der Waals surface area contributed by atoms with Crippen LogP contribution in [0.3, 0.4) is 0 Å². The van der Waals surface area contributed by atoms with Crippen molar-refractivity contribution in [3.05, 3.63) is 118 Å². The maximum absolute atomic E-state index is 12.0. The Bertz CT molecular complexity index is 1240. The van der Waals surface area contributed by atoms with Crippen molar-refractivity contribution < 1.29 is 9.59 Å². The highest BCUT2D eigenvalue weighted by molar-refractivity contribution is 6.22. The van der Waals surface area contributed by atoms with Crippen molar-refractivity contribution in [1.82, 2.24) is 0 Å². The molecule has 0 saturated heterocycles. The molecule has 2 aliphatic carbocycles. The molecule has 0 unspecified atom stereocenters. The van der Waals surface area contributed by atoms with Crippen LogP contribution in [-0.4, -0.2) is 11.6 Å². The Morgan fingerprint density at radius 3 is 1.13 bits per heavy atom. The highest BCUT2D eigenvalue weighted by atomic mass is 16.1. The van der Waals surface area contributed by atoms with Gasteiger partial charge in [-0.3, -0.25) is 9.59 Å². The summed E-state index contributed by atoms with van der Waals surface area (Å²) in [4.78, 5) is 24.1. The average molecular weight is 388 g/mol. The van der Waals surface area contributed by atoms with Gasteiger partial charge in [0.25, 0.3) is 0 Å². The normalized spacial score (nSPS) is 12.5. The molecule has 0 aliphatic heterocycles. The first-order valence-electron chi connectivity index (χ1n) is 10.0. The van der Waals surface area contributed by atoms with Gasteiger partial charge in [0.05, 0.1) is 0 Å². The fourth-order valence-electron chi connectivity index (χ4n) is 4.28. The highest BCUT2D eigenvalue weighted by Crippen LogP contribution is 2.37. The summed E-state index contributed by atoms with van der Waals surface area (Å²) in [5.74, 6) is 0.314. The first kappa shape index (κ1) is 18.3. The van der Waals surface area contributed by atoms with Crippen LogP contribution in [-0.2, 0) is 0 Å². The lowest BCUT2D eigenvalue weighted by Crippen LogP contribution is -1.94. The summed E-state index contributed by atoms with van der Waals surface area (Å²) in [6.45, 7) is 4.02. The van der Waals surface area contributed by atoms with Crippen LogP contribution < -0.4 is 0 Å². The SMILES string of the molecule is Cc1ccc2c(c1)C(=O)c1ccccc1-2.Cc1ccc2c(c1)C(=O)c1ccccc1-2. The van der Waals surface area contributed by atoms with Crippen molar-refractivity contribution in [2.45, 2.75) is 13.8 Å². The average Bonchev–Trinajstić information content (AvgIpc) is 3.21. The molecule has 0 fully saturated rings. The minimum Gasteiger partial charge on any atom is -0.289 e. The Morgan fingerprint density at radius 1 is 0.400 bits per heavy atom. The zero-order valence-corrected chi connectivity index (χ0v) is 16.9. The van der Waals surface area contributed by atoms with Crippen LogP contribution in [0.4, 0.5) is 0 Å². The predicted octanol–water partition coefficient (Wildman–Crippen LogP) is 6.41. The van der Waals surface area contributed by atoms with Crippen molar-refractivity contribution in [2.24, 2.45) is 0 Å². The van der Waals surface area contributed by atoms with E-state index in [1.807, 2.05) is 98.8 Å². The molecule has 0 radical (unpaired) electrons. The topological polar surface area (TPSA) is 34.1 Å². The number of hydrogen-bond acceptors (Lipinski definition) is 2. The van der Waals surface area contributed by atoms with Crippen molar-refractivity contribution in [1.29, 1.82) is 0 Å². The number of ketones is 2. The first-order chi connectivity index (χ1) is 14.5. The summed E-state index contributed by atoms with van der Waals surface area (Å²) < 4.78 is 0. The summed E-state index contributed by atoms with van der Waals surface area (Å²) in [6.07, 6.45) is 0. The lowest BCUT2D eigenvalue weighted by atomic mass is 10.0. The molecule has 30 heavy (non-hydrogen) atoms. The summed E-state index contributed by atoms with van der Waals surface area (Å²) in [5.41, 5.74) is 9.89. The molecule has 2 nitrogen and oxygen atoms in total. The fourth-order valence-corrected chi connectivity index (χ4v) is 4.28. The molecule has 6 rings (SSSR count). The summed E-state index contributed by atoms with van der Waals surface area (Å²) in [5, 5.41) is 0. The van der Waals surface area contributed by atoms with Crippen LogP contribution in [0.15, 0.2) is 84.9 Å². The lowest BCUT2D eigenvalue weighted by molar-refractivity contribution is 0.103. The highest BCUT2D eigenvalue weighted by Gasteiger charge is 2.26. The maximum atomic E-state index is 12.0. The third-order valence-electron chi connectivity index (χ3n) is 5.76. The molecule has 2 aliphatic rings. The van der Waals surface area contributed by atoms with E-state index in [0.717, 1.165) is 55.6 Å². The van der Waals surface area contributed by atoms with Gasteiger partial charge < -0.3 is 0 Å². The van der Waals surface area contributed by atoms with Crippen LogP contribution >= 0.6 is 0 Å². The third kappa shape index (κ3) is 2.81. The van der Waals surface area contributed by atoms with Gasteiger partial charge in [0.1, 0.15) is 0 Å². The predicted molar refractivity (Wildman–Crippen MR) is 120 cm³/mol. The molecule has 0 amide bonds. The number of carbonyl (C=O) groups excluding carboxylic acids is 2. The Kier molecular flexibility index (Phi) is 4.22. The lowest BCUT2D eigenvalue weighted by Gasteiger charge is -1.99. The zero-order valence-electron chi connectivity index (χ0n) is 16.9. The standard InChI is InChI=1S/2C14H10O/c2*1-9-6-7-11-10-4-2-3-5-12(10)14(15)13(11)8-9/h2*2-8H,1H3. The molecule has 0 atom stereocenters. The molecule has 0 aromatic heterocycles. The molecular formula is C28H20O2. The van der Waals surface area contributed by atoms with Gasteiger partial charge in [-0.25, -0.2) is 0 Å². The quantitative estimate of drug-likeness (QED) is 0.301. The Labute approximate surface area is 175 Å². The van der Waals surface area contributed by atoms with Gasteiger partial charge in [0, 0.05) is 22.3 Å². The second kappa shape index (κ2) is 6.93. The van der Waals surface area contributed by atoms with Gasteiger partial charge in [-0.05, 0) is 48.2 Å². The number of hydrogen-bond donors (Lipinski definition) is 0. The summed E-state index contributed by atoms with van der Waals surface area (Å²) in [6, 6.07) is 27.7. The largest absolute Gasteiger partial charge is 0.289 e. The minimum absolute atomic E-state index is 0.157. The van der Waals surface area contributed by atoms with E-state index in [-0.39, 0.29) is 11.6 Å². The smallest absolute Gasteiger partial charge is 0.194 e. The molecule has 0 N–H and O–H groups in total. The van der Waals surface area contributed by atoms with Crippen LogP contribution in [0.25, 0.3) is 22.3 Å². The number of fused-ring (bicyclic) bond motifs is 6. The zero-order chi connectivity index (χ0) is 20.8. The monoisotopic (exact) mass is 388 g/mol. The van der Waals surface area contributed by atoms with E-state index in [4.69, 9.17) is 0 Å². The van der Waals surface area contributed by atoms with Crippen LogP contribution in [0, 0.1) is 13.8 Å². The van der Waals surface area contributed by atoms with Crippen molar-refractivity contribution in [2.75, 3.05) is 0 Å². The molecule has 4 aromatic rings. The molecule has 0 bridgehead atoms. The van der Waals surface area contributed by atoms with Crippen LogP contribution in [0.1, 0.15) is 43.0 Å². The maximum Gasteiger partial charge on any atom is 0.194 e.